The second kappa shape index (κ2) is 7.59. The minimum absolute atomic E-state index is 0.474. The molecular weight excluding hydrogens is 470 g/mol. The quantitative estimate of drug-likeness (QED) is 0.221. The molecule has 0 bridgehead atoms. The lowest BCUT2D eigenvalue weighted by molar-refractivity contribution is 0.754. The lowest BCUT2D eigenvalue weighted by Crippen LogP contribution is -2.36. The van der Waals surface area contributed by atoms with Crippen LogP contribution in [0.5, 0.6) is 0 Å². The van der Waals surface area contributed by atoms with Crippen molar-refractivity contribution in [2.45, 2.75) is 5.41 Å². The first-order valence-corrected chi connectivity index (χ1v) is 13.0. The first-order valence-electron chi connectivity index (χ1n) is 12.6. The normalized spacial score (nSPS) is 14.2. The molecule has 0 fully saturated rings. The summed E-state index contributed by atoms with van der Waals surface area (Å²) in [7, 11) is 0. The number of rotatable bonds is 1. The molecule has 0 atom stereocenters. The predicted molar refractivity (Wildman–Crippen MR) is 155 cm³/mol. The van der Waals surface area contributed by atoms with Crippen molar-refractivity contribution >= 4 is 39.4 Å². The number of benzene rings is 6. The van der Waals surface area contributed by atoms with E-state index in [4.69, 9.17) is 11.6 Å². The summed E-state index contributed by atoms with van der Waals surface area (Å²) < 4.78 is 0. The molecule has 2 heteroatoms. The van der Waals surface area contributed by atoms with Crippen LogP contribution in [0.15, 0.2) is 133 Å². The van der Waals surface area contributed by atoms with Gasteiger partial charge >= 0.3 is 0 Å². The number of anilines is 3. The molecule has 0 amide bonds. The second-order valence-corrected chi connectivity index (χ2v) is 10.3. The third-order valence-corrected chi connectivity index (χ3v) is 8.31. The van der Waals surface area contributed by atoms with E-state index in [-0.39, 0.29) is 0 Å². The fourth-order valence-corrected chi connectivity index (χ4v) is 6.83. The maximum Gasteiger partial charge on any atom is 0.0755 e. The Kier molecular flexibility index (Phi) is 4.27. The van der Waals surface area contributed by atoms with E-state index < -0.39 is 5.41 Å². The van der Waals surface area contributed by atoms with Gasteiger partial charge in [0.25, 0.3) is 0 Å². The Bertz CT molecular complexity index is 1810. The highest BCUT2D eigenvalue weighted by Crippen LogP contribution is 2.63. The number of hydrogen-bond acceptors (Lipinski definition) is 1. The number of fused-ring (bicyclic) bond motifs is 10. The van der Waals surface area contributed by atoms with E-state index >= 15 is 0 Å². The van der Waals surface area contributed by atoms with Gasteiger partial charge in [-0.15, -0.1) is 0 Å². The molecule has 0 saturated carbocycles. The molecule has 174 valence electrons. The first kappa shape index (κ1) is 20.8. The summed E-state index contributed by atoms with van der Waals surface area (Å²) in [5.41, 5.74) is 10.7. The van der Waals surface area contributed by atoms with E-state index in [9.17, 15) is 0 Å². The smallest absolute Gasteiger partial charge is 0.0755 e. The molecule has 6 aromatic rings. The van der Waals surface area contributed by atoms with Gasteiger partial charge in [0.1, 0.15) is 0 Å². The molecule has 0 aromatic heterocycles. The summed E-state index contributed by atoms with van der Waals surface area (Å²) >= 11 is 6.79. The lowest BCUT2D eigenvalue weighted by atomic mass is 9.64. The van der Waals surface area contributed by atoms with Gasteiger partial charge in [0, 0.05) is 10.7 Å². The van der Waals surface area contributed by atoms with Crippen molar-refractivity contribution in [3.8, 4) is 11.1 Å². The van der Waals surface area contributed by atoms with Gasteiger partial charge in [0.2, 0.25) is 0 Å². The number of para-hydroxylation sites is 1. The maximum atomic E-state index is 6.79. The van der Waals surface area contributed by atoms with Crippen LogP contribution in [0.1, 0.15) is 22.3 Å². The molecule has 1 heterocycles. The molecule has 0 N–H and O–H groups in total. The highest BCUT2D eigenvalue weighted by atomic mass is 35.5. The van der Waals surface area contributed by atoms with Gasteiger partial charge in [-0.05, 0) is 86.6 Å². The number of nitrogens with zero attached hydrogens (tertiary/aromatic N) is 1. The molecule has 1 aliphatic heterocycles. The SMILES string of the molecule is Clc1ccc2c(c1)C1(c3ccccc3-c3ccccc31)c1cc3ccccc3cc1N2c1ccccc1. The van der Waals surface area contributed by atoms with Crippen LogP contribution in [0.2, 0.25) is 5.02 Å². The number of halogens is 1. The average molecular weight is 492 g/mol. The molecule has 1 nitrogen and oxygen atoms in total. The van der Waals surface area contributed by atoms with Crippen molar-refractivity contribution in [1.29, 1.82) is 0 Å². The average Bonchev–Trinajstić information content (AvgIpc) is 3.25. The minimum Gasteiger partial charge on any atom is -0.310 e. The zero-order valence-corrected chi connectivity index (χ0v) is 20.8. The molecule has 1 spiro atoms. The van der Waals surface area contributed by atoms with Crippen molar-refractivity contribution in [2.75, 3.05) is 4.90 Å². The molecule has 2 aliphatic rings. The topological polar surface area (TPSA) is 3.24 Å². The first-order chi connectivity index (χ1) is 18.3. The highest BCUT2D eigenvalue weighted by Gasteiger charge is 2.51. The van der Waals surface area contributed by atoms with Crippen LogP contribution in [0.4, 0.5) is 17.1 Å². The van der Waals surface area contributed by atoms with Crippen LogP contribution in [0, 0.1) is 0 Å². The van der Waals surface area contributed by atoms with Gasteiger partial charge in [-0.1, -0.05) is 103 Å². The van der Waals surface area contributed by atoms with Crippen LogP contribution in [-0.4, -0.2) is 0 Å². The molecule has 8 rings (SSSR count). The summed E-state index contributed by atoms with van der Waals surface area (Å²) in [5.74, 6) is 0. The Hall–Kier alpha value is -4.33. The van der Waals surface area contributed by atoms with Crippen molar-refractivity contribution in [1.82, 2.24) is 0 Å². The van der Waals surface area contributed by atoms with Crippen molar-refractivity contribution in [3.05, 3.63) is 161 Å². The van der Waals surface area contributed by atoms with Gasteiger partial charge < -0.3 is 4.90 Å². The minimum atomic E-state index is -0.474. The Morgan fingerprint density at radius 2 is 1.03 bits per heavy atom. The standard InChI is InChI=1S/C35H22ClN/c36-25-18-19-33-32(22-25)35(29-16-8-6-14-27(29)28-15-7-9-17-30(28)35)31-20-23-10-4-5-11-24(23)21-34(31)37(33)26-12-2-1-3-13-26/h1-22H. The van der Waals surface area contributed by atoms with E-state index in [2.05, 4.69) is 132 Å². The zero-order valence-electron chi connectivity index (χ0n) is 20.0. The highest BCUT2D eigenvalue weighted by molar-refractivity contribution is 6.30. The molecule has 0 radical (unpaired) electrons. The Morgan fingerprint density at radius 1 is 0.459 bits per heavy atom. The van der Waals surface area contributed by atoms with Crippen molar-refractivity contribution in [2.24, 2.45) is 0 Å². The van der Waals surface area contributed by atoms with Crippen molar-refractivity contribution < 1.29 is 0 Å². The predicted octanol–water partition coefficient (Wildman–Crippen LogP) is 9.64. The van der Waals surface area contributed by atoms with Crippen LogP contribution in [0.3, 0.4) is 0 Å². The van der Waals surface area contributed by atoms with E-state index in [1.54, 1.807) is 0 Å². The summed E-state index contributed by atoms with van der Waals surface area (Å²) in [6.45, 7) is 0. The number of hydrogen-bond donors (Lipinski definition) is 0. The zero-order chi connectivity index (χ0) is 24.6. The maximum absolute atomic E-state index is 6.79. The monoisotopic (exact) mass is 491 g/mol. The van der Waals surface area contributed by atoms with Crippen LogP contribution in [-0.2, 0) is 5.41 Å². The largest absolute Gasteiger partial charge is 0.310 e. The third kappa shape index (κ3) is 2.70. The van der Waals surface area contributed by atoms with Crippen LogP contribution < -0.4 is 4.90 Å². The van der Waals surface area contributed by atoms with E-state index in [0.29, 0.717) is 0 Å². The molecule has 1 aliphatic carbocycles. The fourth-order valence-electron chi connectivity index (χ4n) is 6.66. The summed E-state index contributed by atoms with van der Waals surface area (Å²) in [6.07, 6.45) is 0. The molecule has 0 saturated heterocycles. The summed E-state index contributed by atoms with van der Waals surface area (Å²) in [5, 5.41) is 3.22. The Balaban J connectivity index is 1.61. The molecule has 6 aromatic carbocycles. The van der Waals surface area contributed by atoms with Gasteiger partial charge in [-0.3, -0.25) is 0 Å². The van der Waals surface area contributed by atoms with Gasteiger partial charge in [0.15, 0.2) is 0 Å². The van der Waals surface area contributed by atoms with Crippen LogP contribution in [0.25, 0.3) is 21.9 Å². The Morgan fingerprint density at radius 3 is 1.73 bits per heavy atom. The second-order valence-electron chi connectivity index (χ2n) is 9.89. The van der Waals surface area contributed by atoms with Crippen LogP contribution >= 0.6 is 11.6 Å². The summed E-state index contributed by atoms with van der Waals surface area (Å²) in [6, 6.07) is 48.2. The van der Waals surface area contributed by atoms with E-state index in [1.807, 2.05) is 6.07 Å². The lowest BCUT2D eigenvalue weighted by Gasteiger charge is -2.45. The van der Waals surface area contributed by atoms with E-state index in [0.717, 1.165) is 16.4 Å². The van der Waals surface area contributed by atoms with Gasteiger partial charge in [0.05, 0.1) is 16.8 Å². The Labute approximate surface area is 221 Å². The third-order valence-electron chi connectivity index (χ3n) is 8.08. The van der Waals surface area contributed by atoms with E-state index in [1.165, 1.54) is 49.8 Å². The van der Waals surface area contributed by atoms with Crippen molar-refractivity contribution in [3.63, 3.8) is 0 Å². The molecule has 37 heavy (non-hydrogen) atoms. The van der Waals surface area contributed by atoms with Gasteiger partial charge in [-0.2, -0.15) is 0 Å². The summed E-state index contributed by atoms with van der Waals surface area (Å²) in [4.78, 5) is 2.40. The fraction of sp³-hybridized carbons (Fsp3) is 0.0286. The van der Waals surface area contributed by atoms with Gasteiger partial charge in [-0.25, -0.2) is 0 Å². The molecular formula is C35H22ClN. The molecule has 0 unspecified atom stereocenters.